The van der Waals surface area contributed by atoms with E-state index in [4.69, 9.17) is 0 Å². The number of hydrogen-bond donors (Lipinski definition) is 0. The van der Waals surface area contributed by atoms with E-state index in [1.807, 2.05) is 11.0 Å². The van der Waals surface area contributed by atoms with Crippen LogP contribution in [0.4, 0.5) is 4.79 Å². The lowest BCUT2D eigenvalue weighted by atomic mass is 9.86. The molecule has 23 heavy (non-hydrogen) atoms. The van der Waals surface area contributed by atoms with E-state index in [0.29, 0.717) is 6.04 Å². The summed E-state index contributed by atoms with van der Waals surface area (Å²) in [7, 11) is 2.93. The molecule has 0 spiro atoms. The number of benzene rings is 1. The topological polar surface area (TPSA) is 49.9 Å². The minimum Gasteiger partial charge on any atom is -0.453 e. The highest BCUT2D eigenvalue weighted by Crippen LogP contribution is 2.40. The Hall–Kier alpha value is -2.04. The summed E-state index contributed by atoms with van der Waals surface area (Å²) in [5.74, 6) is 0.0158. The molecule has 124 valence electrons. The first-order valence-corrected chi connectivity index (χ1v) is 8.30. The van der Waals surface area contributed by atoms with Crippen molar-refractivity contribution < 1.29 is 14.3 Å². The molecule has 2 aliphatic carbocycles. The third-order valence-corrected chi connectivity index (χ3v) is 4.76. The van der Waals surface area contributed by atoms with Crippen LogP contribution in [0.25, 0.3) is 0 Å². The Bertz CT molecular complexity index is 598. The molecule has 0 bridgehead atoms. The molecule has 5 nitrogen and oxygen atoms in total. The molecule has 1 atom stereocenters. The molecule has 1 aromatic carbocycles. The van der Waals surface area contributed by atoms with Crippen LogP contribution in [0, 0.1) is 0 Å². The summed E-state index contributed by atoms with van der Waals surface area (Å²) in [4.78, 5) is 27.8. The normalized spacial score (nSPS) is 19.7. The van der Waals surface area contributed by atoms with E-state index in [1.54, 1.807) is 7.05 Å². The minimum atomic E-state index is -0.474. The first-order valence-electron chi connectivity index (χ1n) is 8.30. The average Bonchev–Trinajstić information content (AvgIpc) is 3.39. The molecule has 5 heteroatoms. The van der Waals surface area contributed by atoms with Gasteiger partial charge in [0.1, 0.15) is 6.54 Å². The number of carbonyl (C=O) groups excluding carboxylic acids is 2. The summed E-state index contributed by atoms with van der Waals surface area (Å²) < 4.78 is 4.69. The average molecular weight is 316 g/mol. The van der Waals surface area contributed by atoms with Crippen LogP contribution >= 0.6 is 0 Å². The Labute approximate surface area is 137 Å². The number of methoxy groups -OCH3 is 1. The predicted octanol–water partition coefficient (Wildman–Crippen LogP) is 2.75. The largest absolute Gasteiger partial charge is 0.453 e. The highest BCUT2D eigenvalue weighted by atomic mass is 16.5. The summed E-state index contributed by atoms with van der Waals surface area (Å²) in [5, 5.41) is 0. The predicted molar refractivity (Wildman–Crippen MR) is 87.0 cm³/mol. The first-order chi connectivity index (χ1) is 11.1. The third-order valence-electron chi connectivity index (χ3n) is 4.76. The Kier molecular flexibility index (Phi) is 4.55. The summed E-state index contributed by atoms with van der Waals surface area (Å²) in [6.07, 6.45) is 4.84. The molecule has 0 N–H and O–H groups in total. The number of fused-ring (bicyclic) bond motifs is 1. The van der Waals surface area contributed by atoms with E-state index in [-0.39, 0.29) is 18.5 Å². The zero-order valence-electron chi connectivity index (χ0n) is 13.8. The molecule has 3 rings (SSSR count). The molecule has 1 unspecified atom stereocenters. The van der Waals surface area contributed by atoms with Gasteiger partial charge in [-0.05, 0) is 43.2 Å². The number of likely N-dealkylation sites (N-methyl/N-ethyl adjacent to an activating group) is 1. The van der Waals surface area contributed by atoms with Crippen LogP contribution in [0.3, 0.4) is 0 Å². The second kappa shape index (κ2) is 6.60. The molecule has 0 saturated heterocycles. The molecule has 0 aliphatic heterocycles. The fourth-order valence-corrected chi connectivity index (χ4v) is 3.51. The number of nitrogens with zero attached hydrogens (tertiary/aromatic N) is 2. The zero-order valence-corrected chi connectivity index (χ0v) is 13.8. The fourth-order valence-electron chi connectivity index (χ4n) is 3.51. The van der Waals surface area contributed by atoms with Gasteiger partial charge in [0.05, 0.1) is 13.2 Å². The molecule has 0 radical (unpaired) electrons. The standard InChI is InChI=1S/C18H24N2O3/c1-19(18(22)23-2)12-17(21)20(14-10-11-14)16-9-5-7-13-6-3-4-8-15(13)16/h3-4,6,8,14,16H,5,7,9-12H2,1-2H3. The van der Waals surface area contributed by atoms with Gasteiger partial charge in [-0.2, -0.15) is 0 Å². The van der Waals surface area contributed by atoms with E-state index in [1.165, 1.54) is 23.1 Å². The van der Waals surface area contributed by atoms with Crippen molar-refractivity contribution in [2.45, 2.75) is 44.2 Å². The van der Waals surface area contributed by atoms with Crippen molar-refractivity contribution in [1.82, 2.24) is 9.80 Å². The van der Waals surface area contributed by atoms with Crippen LogP contribution in [0.1, 0.15) is 42.9 Å². The second-order valence-corrected chi connectivity index (χ2v) is 6.47. The number of rotatable bonds is 4. The van der Waals surface area contributed by atoms with E-state index < -0.39 is 6.09 Å². The second-order valence-electron chi connectivity index (χ2n) is 6.47. The van der Waals surface area contributed by atoms with Crippen LogP contribution in [0.15, 0.2) is 24.3 Å². The third kappa shape index (κ3) is 3.33. The molecule has 0 aromatic heterocycles. The fraction of sp³-hybridized carbons (Fsp3) is 0.556. The van der Waals surface area contributed by atoms with Crippen LogP contribution in [-0.4, -0.2) is 48.5 Å². The number of hydrogen-bond acceptors (Lipinski definition) is 3. The highest BCUT2D eigenvalue weighted by molar-refractivity contribution is 5.83. The van der Waals surface area contributed by atoms with Gasteiger partial charge in [0, 0.05) is 13.1 Å². The summed E-state index contributed by atoms with van der Waals surface area (Å²) >= 11 is 0. The van der Waals surface area contributed by atoms with Gasteiger partial charge in [-0.25, -0.2) is 4.79 Å². The van der Waals surface area contributed by atoms with Gasteiger partial charge in [0.15, 0.2) is 0 Å². The maximum atomic E-state index is 12.8. The zero-order chi connectivity index (χ0) is 16.4. The summed E-state index contributed by atoms with van der Waals surface area (Å²) in [6.45, 7) is 0.0713. The molecule has 1 aromatic rings. The van der Waals surface area contributed by atoms with E-state index in [9.17, 15) is 9.59 Å². The van der Waals surface area contributed by atoms with Crippen LogP contribution < -0.4 is 0 Å². The van der Waals surface area contributed by atoms with Crippen molar-refractivity contribution in [2.24, 2.45) is 0 Å². The van der Waals surface area contributed by atoms with Gasteiger partial charge < -0.3 is 14.5 Å². The Morgan fingerprint density at radius 2 is 1.96 bits per heavy atom. The molecule has 2 aliphatic rings. The van der Waals surface area contributed by atoms with Gasteiger partial charge in [-0.1, -0.05) is 24.3 Å². The minimum absolute atomic E-state index is 0.0158. The molecule has 1 fully saturated rings. The quantitative estimate of drug-likeness (QED) is 0.858. The van der Waals surface area contributed by atoms with Crippen molar-refractivity contribution in [1.29, 1.82) is 0 Å². The number of aryl methyl sites for hydroxylation is 1. The van der Waals surface area contributed by atoms with Crippen molar-refractivity contribution in [3.05, 3.63) is 35.4 Å². The molecular weight excluding hydrogens is 292 g/mol. The van der Waals surface area contributed by atoms with Gasteiger partial charge in [-0.15, -0.1) is 0 Å². The maximum absolute atomic E-state index is 12.8. The number of carbonyl (C=O) groups is 2. The number of ether oxygens (including phenoxy) is 1. The van der Waals surface area contributed by atoms with Crippen LogP contribution in [0.5, 0.6) is 0 Å². The summed E-state index contributed by atoms with van der Waals surface area (Å²) in [6, 6.07) is 8.89. The van der Waals surface area contributed by atoms with Crippen LogP contribution in [-0.2, 0) is 16.0 Å². The Morgan fingerprint density at radius 3 is 2.65 bits per heavy atom. The lowest BCUT2D eigenvalue weighted by Gasteiger charge is -2.37. The number of amides is 2. The van der Waals surface area contributed by atoms with E-state index in [2.05, 4.69) is 22.9 Å². The molecule has 1 saturated carbocycles. The van der Waals surface area contributed by atoms with Gasteiger partial charge in [-0.3, -0.25) is 4.79 Å². The SMILES string of the molecule is COC(=O)N(C)CC(=O)N(C1CC1)C1CCCc2ccccc21. The van der Waals surface area contributed by atoms with Gasteiger partial charge in [0.2, 0.25) is 5.91 Å². The molecule has 2 amide bonds. The first kappa shape index (κ1) is 15.8. The van der Waals surface area contributed by atoms with Crippen molar-refractivity contribution in [3.63, 3.8) is 0 Å². The van der Waals surface area contributed by atoms with Crippen molar-refractivity contribution in [3.8, 4) is 0 Å². The Morgan fingerprint density at radius 1 is 1.22 bits per heavy atom. The summed E-state index contributed by atoms with van der Waals surface area (Å²) in [5.41, 5.74) is 2.63. The monoisotopic (exact) mass is 316 g/mol. The van der Waals surface area contributed by atoms with E-state index >= 15 is 0 Å². The molecule has 0 heterocycles. The lowest BCUT2D eigenvalue weighted by molar-refractivity contribution is -0.135. The lowest BCUT2D eigenvalue weighted by Crippen LogP contribution is -2.44. The maximum Gasteiger partial charge on any atom is 0.409 e. The van der Waals surface area contributed by atoms with Gasteiger partial charge in [0.25, 0.3) is 0 Å². The Balaban J connectivity index is 1.80. The molecular formula is C18H24N2O3. The van der Waals surface area contributed by atoms with Crippen molar-refractivity contribution >= 4 is 12.0 Å². The smallest absolute Gasteiger partial charge is 0.409 e. The highest BCUT2D eigenvalue weighted by Gasteiger charge is 2.39. The van der Waals surface area contributed by atoms with E-state index in [0.717, 1.165) is 32.1 Å². The van der Waals surface area contributed by atoms with Gasteiger partial charge >= 0.3 is 6.09 Å². The van der Waals surface area contributed by atoms with Crippen LogP contribution in [0.2, 0.25) is 0 Å². The van der Waals surface area contributed by atoms with Crippen molar-refractivity contribution in [2.75, 3.05) is 20.7 Å².